The molecule has 0 spiro atoms. The normalized spacial score (nSPS) is 12.8. The average Bonchev–Trinajstić information content (AvgIpc) is 2.45. The Morgan fingerprint density at radius 3 is 2.40 bits per heavy atom. The van der Waals surface area contributed by atoms with Crippen LogP contribution in [0.4, 0.5) is 0 Å². The number of aryl methyl sites for hydroxylation is 2. The lowest BCUT2D eigenvalue weighted by Gasteiger charge is -2.14. The Balaban J connectivity index is 2.95. The molecule has 1 atom stereocenters. The Labute approximate surface area is 92.4 Å². The van der Waals surface area contributed by atoms with E-state index in [0.717, 1.165) is 24.5 Å². The van der Waals surface area contributed by atoms with Crippen molar-refractivity contribution in [3.63, 3.8) is 0 Å². The predicted octanol–water partition coefficient (Wildman–Crippen LogP) is 3.43. The van der Waals surface area contributed by atoms with Crippen LogP contribution in [0.25, 0.3) is 0 Å². The van der Waals surface area contributed by atoms with Gasteiger partial charge in [0.05, 0.1) is 6.04 Å². The van der Waals surface area contributed by atoms with Crippen LogP contribution in [0, 0.1) is 20.8 Å². The molecule has 0 aliphatic carbocycles. The molecule has 0 bridgehead atoms. The molecule has 1 heterocycles. The fourth-order valence-electron chi connectivity index (χ4n) is 1.87. The van der Waals surface area contributed by atoms with Gasteiger partial charge in [0.25, 0.3) is 0 Å². The van der Waals surface area contributed by atoms with Gasteiger partial charge < -0.3 is 9.73 Å². The van der Waals surface area contributed by atoms with Gasteiger partial charge in [0.2, 0.25) is 0 Å². The minimum atomic E-state index is 0.211. The number of rotatable bonds is 5. The molecule has 0 saturated heterocycles. The third-order valence-corrected chi connectivity index (χ3v) is 2.78. The SMILES string of the molecule is C=CC(NCCC)c1c(C)oc(C)c1C. The molecular formula is C13H21NO. The van der Waals surface area contributed by atoms with Crippen molar-refractivity contribution in [1.82, 2.24) is 5.32 Å². The van der Waals surface area contributed by atoms with Crippen molar-refractivity contribution in [2.45, 2.75) is 40.2 Å². The predicted molar refractivity (Wildman–Crippen MR) is 64.2 cm³/mol. The van der Waals surface area contributed by atoms with Crippen molar-refractivity contribution in [3.05, 3.63) is 35.3 Å². The van der Waals surface area contributed by atoms with E-state index in [-0.39, 0.29) is 6.04 Å². The van der Waals surface area contributed by atoms with Gasteiger partial charge in [-0.3, -0.25) is 0 Å². The molecule has 1 N–H and O–H groups in total. The topological polar surface area (TPSA) is 25.2 Å². The van der Waals surface area contributed by atoms with E-state index in [0.29, 0.717) is 0 Å². The van der Waals surface area contributed by atoms with Gasteiger partial charge in [-0.05, 0) is 39.3 Å². The van der Waals surface area contributed by atoms with Crippen LogP contribution in [0.2, 0.25) is 0 Å². The van der Waals surface area contributed by atoms with Gasteiger partial charge in [0.1, 0.15) is 11.5 Å². The smallest absolute Gasteiger partial charge is 0.106 e. The Morgan fingerprint density at radius 2 is 2.00 bits per heavy atom. The van der Waals surface area contributed by atoms with Crippen LogP contribution in [0.1, 0.15) is 42.0 Å². The summed E-state index contributed by atoms with van der Waals surface area (Å²) < 4.78 is 5.62. The van der Waals surface area contributed by atoms with Crippen LogP contribution in [0.5, 0.6) is 0 Å². The van der Waals surface area contributed by atoms with Crippen LogP contribution in [0.15, 0.2) is 17.1 Å². The van der Waals surface area contributed by atoms with Crippen LogP contribution in [-0.2, 0) is 0 Å². The third kappa shape index (κ3) is 2.51. The van der Waals surface area contributed by atoms with Gasteiger partial charge in [-0.1, -0.05) is 13.0 Å². The first kappa shape index (κ1) is 12.1. The van der Waals surface area contributed by atoms with Crippen LogP contribution < -0.4 is 5.32 Å². The fourth-order valence-corrected chi connectivity index (χ4v) is 1.87. The van der Waals surface area contributed by atoms with Crippen LogP contribution >= 0.6 is 0 Å². The summed E-state index contributed by atoms with van der Waals surface area (Å²) >= 11 is 0. The second kappa shape index (κ2) is 5.17. The van der Waals surface area contributed by atoms with Gasteiger partial charge in [0.15, 0.2) is 0 Å². The molecule has 0 aliphatic rings. The van der Waals surface area contributed by atoms with E-state index in [1.165, 1.54) is 11.1 Å². The molecule has 0 aliphatic heterocycles. The van der Waals surface area contributed by atoms with E-state index < -0.39 is 0 Å². The summed E-state index contributed by atoms with van der Waals surface area (Å²) in [5.41, 5.74) is 2.48. The molecule has 0 radical (unpaired) electrons. The highest BCUT2D eigenvalue weighted by molar-refractivity contribution is 5.36. The lowest BCUT2D eigenvalue weighted by molar-refractivity contribution is 0.494. The van der Waals surface area contributed by atoms with Gasteiger partial charge in [-0.15, -0.1) is 6.58 Å². The molecule has 15 heavy (non-hydrogen) atoms. The van der Waals surface area contributed by atoms with E-state index in [2.05, 4.69) is 25.7 Å². The van der Waals surface area contributed by atoms with Crippen molar-refractivity contribution in [2.24, 2.45) is 0 Å². The minimum Gasteiger partial charge on any atom is -0.466 e. The Kier molecular flexibility index (Phi) is 4.15. The van der Waals surface area contributed by atoms with Crippen molar-refractivity contribution in [2.75, 3.05) is 6.54 Å². The number of furan rings is 1. The molecule has 0 aromatic carbocycles. The monoisotopic (exact) mass is 207 g/mol. The van der Waals surface area contributed by atoms with Gasteiger partial charge in [-0.25, -0.2) is 0 Å². The largest absolute Gasteiger partial charge is 0.466 e. The standard InChI is InChI=1S/C13H21NO/c1-6-8-14-12(7-2)13-9(3)10(4)15-11(13)5/h7,12,14H,2,6,8H2,1,3-5H3. The zero-order chi connectivity index (χ0) is 11.4. The van der Waals surface area contributed by atoms with E-state index in [1.54, 1.807) is 0 Å². The zero-order valence-corrected chi connectivity index (χ0v) is 10.2. The van der Waals surface area contributed by atoms with Gasteiger partial charge in [-0.2, -0.15) is 0 Å². The first-order valence-corrected chi connectivity index (χ1v) is 5.54. The molecule has 84 valence electrons. The molecule has 1 aromatic rings. The lowest BCUT2D eigenvalue weighted by atomic mass is 10.0. The maximum Gasteiger partial charge on any atom is 0.106 e. The van der Waals surface area contributed by atoms with Crippen molar-refractivity contribution in [3.8, 4) is 0 Å². The first-order chi connectivity index (χ1) is 7.11. The molecule has 1 rings (SSSR count). The highest BCUT2D eigenvalue weighted by Gasteiger charge is 2.17. The number of nitrogens with one attached hydrogen (secondary N) is 1. The third-order valence-electron chi connectivity index (χ3n) is 2.78. The van der Waals surface area contributed by atoms with Crippen molar-refractivity contribution >= 4 is 0 Å². The fraction of sp³-hybridized carbons (Fsp3) is 0.538. The molecule has 1 aromatic heterocycles. The molecule has 2 nitrogen and oxygen atoms in total. The summed E-state index contributed by atoms with van der Waals surface area (Å²) in [4.78, 5) is 0. The summed E-state index contributed by atoms with van der Waals surface area (Å²) in [5, 5.41) is 3.45. The van der Waals surface area contributed by atoms with Crippen molar-refractivity contribution in [1.29, 1.82) is 0 Å². The van der Waals surface area contributed by atoms with Gasteiger partial charge >= 0.3 is 0 Å². The number of hydrogen-bond donors (Lipinski definition) is 1. The molecule has 1 unspecified atom stereocenters. The summed E-state index contributed by atoms with van der Waals surface area (Å²) in [5.74, 6) is 2.01. The highest BCUT2D eigenvalue weighted by Crippen LogP contribution is 2.27. The first-order valence-electron chi connectivity index (χ1n) is 5.54. The summed E-state index contributed by atoms with van der Waals surface area (Å²) in [6.07, 6.45) is 3.07. The maximum atomic E-state index is 5.62. The second-order valence-electron chi connectivity index (χ2n) is 3.92. The molecule has 0 saturated carbocycles. The van der Waals surface area contributed by atoms with E-state index in [1.807, 2.05) is 19.9 Å². The average molecular weight is 207 g/mol. The van der Waals surface area contributed by atoms with Crippen molar-refractivity contribution < 1.29 is 4.42 Å². The maximum absolute atomic E-state index is 5.62. The summed E-state index contributed by atoms with van der Waals surface area (Å²) in [6.45, 7) is 13.2. The second-order valence-corrected chi connectivity index (χ2v) is 3.92. The van der Waals surface area contributed by atoms with Crippen LogP contribution in [-0.4, -0.2) is 6.54 Å². The Morgan fingerprint density at radius 1 is 1.33 bits per heavy atom. The van der Waals surface area contributed by atoms with E-state index in [9.17, 15) is 0 Å². The molecule has 0 fully saturated rings. The molecule has 2 heteroatoms. The Hall–Kier alpha value is -1.02. The van der Waals surface area contributed by atoms with Gasteiger partial charge in [0, 0.05) is 5.56 Å². The molecular weight excluding hydrogens is 186 g/mol. The summed E-state index contributed by atoms with van der Waals surface area (Å²) in [6, 6.07) is 0.211. The highest BCUT2D eigenvalue weighted by atomic mass is 16.3. The van der Waals surface area contributed by atoms with E-state index >= 15 is 0 Å². The lowest BCUT2D eigenvalue weighted by Crippen LogP contribution is -2.21. The van der Waals surface area contributed by atoms with E-state index in [4.69, 9.17) is 4.42 Å². The van der Waals surface area contributed by atoms with Crippen LogP contribution in [0.3, 0.4) is 0 Å². The zero-order valence-electron chi connectivity index (χ0n) is 10.2. The summed E-state index contributed by atoms with van der Waals surface area (Å²) in [7, 11) is 0. The number of hydrogen-bond acceptors (Lipinski definition) is 2. The minimum absolute atomic E-state index is 0.211. The molecule has 0 amide bonds. The Bertz CT molecular complexity index is 339. The quantitative estimate of drug-likeness (QED) is 0.748.